The quantitative estimate of drug-likeness (QED) is 0.0214. The molecular formula is C52H95NO7P+. The highest BCUT2D eigenvalue weighted by Crippen LogP contribution is 2.43. The van der Waals surface area contributed by atoms with E-state index in [9.17, 15) is 14.3 Å². The first-order valence-corrected chi connectivity index (χ1v) is 26.2. The molecule has 0 aromatic heterocycles. The minimum absolute atomic E-state index is 0.0822. The molecule has 0 fully saturated rings. The fourth-order valence-corrected chi connectivity index (χ4v) is 7.20. The molecule has 0 aliphatic rings. The largest absolute Gasteiger partial charge is 0.472 e. The number of hydrogen-bond donors (Lipinski definition) is 1. The van der Waals surface area contributed by atoms with E-state index in [1.54, 1.807) is 0 Å². The molecule has 0 bridgehead atoms. The Kier molecular flexibility index (Phi) is 43.0. The molecule has 1 N–H and O–H groups in total. The van der Waals surface area contributed by atoms with Gasteiger partial charge in [0.1, 0.15) is 19.3 Å². The second-order valence-electron chi connectivity index (χ2n) is 17.5. The average molecular weight is 877 g/mol. The molecule has 61 heavy (non-hydrogen) atoms. The van der Waals surface area contributed by atoms with Crippen LogP contribution in [-0.4, -0.2) is 75.6 Å². The predicted molar refractivity (Wildman–Crippen MR) is 261 cm³/mol. The van der Waals surface area contributed by atoms with Gasteiger partial charge >= 0.3 is 13.8 Å². The number of quaternary nitrogens is 1. The first-order valence-electron chi connectivity index (χ1n) is 24.7. The van der Waals surface area contributed by atoms with E-state index in [4.69, 9.17) is 18.5 Å². The van der Waals surface area contributed by atoms with Crippen molar-refractivity contribution in [3.63, 3.8) is 0 Å². The van der Waals surface area contributed by atoms with E-state index in [0.29, 0.717) is 24.1 Å². The number of allylic oxidation sites excluding steroid dienone is 12. The van der Waals surface area contributed by atoms with Crippen LogP contribution < -0.4 is 0 Å². The van der Waals surface area contributed by atoms with Crippen LogP contribution in [0.15, 0.2) is 72.9 Å². The molecule has 0 heterocycles. The van der Waals surface area contributed by atoms with Crippen molar-refractivity contribution in [2.45, 2.75) is 200 Å². The summed E-state index contributed by atoms with van der Waals surface area (Å²) in [6.07, 6.45) is 58.0. The smallest absolute Gasteiger partial charge is 0.457 e. The van der Waals surface area contributed by atoms with Gasteiger partial charge in [0.15, 0.2) is 0 Å². The number of likely N-dealkylation sites (N-methyl/N-ethyl adjacent to an activating group) is 1. The van der Waals surface area contributed by atoms with Gasteiger partial charge in [-0.15, -0.1) is 0 Å². The molecule has 0 amide bonds. The van der Waals surface area contributed by atoms with E-state index >= 15 is 0 Å². The number of rotatable bonds is 45. The Morgan fingerprint density at radius 1 is 0.525 bits per heavy atom. The van der Waals surface area contributed by atoms with Crippen molar-refractivity contribution in [3.05, 3.63) is 72.9 Å². The third kappa shape index (κ3) is 48.8. The average Bonchev–Trinajstić information content (AvgIpc) is 3.22. The number of phosphoric acid groups is 1. The Hall–Kier alpha value is -2.06. The van der Waals surface area contributed by atoms with Crippen LogP contribution in [0.5, 0.6) is 0 Å². The fourth-order valence-electron chi connectivity index (χ4n) is 6.46. The van der Waals surface area contributed by atoms with Crippen LogP contribution >= 0.6 is 7.82 Å². The van der Waals surface area contributed by atoms with Gasteiger partial charge in [-0.3, -0.25) is 13.8 Å². The maximum absolute atomic E-state index is 12.7. The molecule has 0 aliphatic carbocycles. The highest BCUT2D eigenvalue weighted by atomic mass is 31.2. The molecule has 2 atom stereocenters. The number of hydrogen-bond acceptors (Lipinski definition) is 6. The molecule has 0 rings (SSSR count). The highest BCUT2D eigenvalue weighted by Gasteiger charge is 2.26. The van der Waals surface area contributed by atoms with Crippen LogP contribution in [0.4, 0.5) is 0 Å². The van der Waals surface area contributed by atoms with Crippen LogP contribution in [-0.2, 0) is 27.9 Å². The van der Waals surface area contributed by atoms with E-state index in [0.717, 1.165) is 83.5 Å². The Labute approximate surface area is 376 Å². The number of carbonyl (C=O) groups excluding carboxylic acids is 1. The standard InChI is InChI=1S/C52H94NO7P/c1-6-8-10-12-14-16-18-20-22-23-24-25-26-27-28-29-30-32-34-36-38-40-42-44-47-57-49-51(50-59-61(55,56)58-48-46-53(3,4)5)60-52(54)45-43-41-39-37-35-33-31-21-19-17-15-13-11-9-7-2/h8,10,14,16,20-22,24-25,27-28,31,51H,6-7,9,11-13,15,17-19,23,26,29-30,32-50H2,1-5H3/p+1/b10-8-,16-14-,22-20-,25-24-,28-27-,31-21-. The predicted octanol–water partition coefficient (Wildman–Crippen LogP) is 15.1. The second-order valence-corrected chi connectivity index (χ2v) is 18.9. The van der Waals surface area contributed by atoms with Gasteiger partial charge in [0, 0.05) is 13.0 Å². The molecule has 354 valence electrons. The summed E-state index contributed by atoms with van der Waals surface area (Å²) in [5, 5.41) is 0. The van der Waals surface area contributed by atoms with Crippen molar-refractivity contribution >= 4 is 13.8 Å². The molecule has 9 heteroatoms. The maximum atomic E-state index is 12.7. The number of ether oxygens (including phenoxy) is 2. The van der Waals surface area contributed by atoms with Crippen molar-refractivity contribution in [1.82, 2.24) is 0 Å². The molecular weight excluding hydrogens is 782 g/mol. The molecule has 0 saturated carbocycles. The SMILES string of the molecule is CC/C=C\C/C=C\C/C=C\C/C=C\C/C=C\CCCCCCCCCCOCC(COP(=O)(O)OCC[N+](C)(C)C)OC(=O)CCCCCCC/C=C\CCCCCCCC. The molecule has 0 aromatic rings. The van der Waals surface area contributed by atoms with Crippen LogP contribution in [0, 0.1) is 0 Å². The van der Waals surface area contributed by atoms with E-state index in [1.165, 1.54) is 89.9 Å². The van der Waals surface area contributed by atoms with Gasteiger partial charge in [-0.25, -0.2) is 4.57 Å². The van der Waals surface area contributed by atoms with Gasteiger partial charge in [-0.1, -0.05) is 177 Å². The Bertz CT molecular complexity index is 1200. The summed E-state index contributed by atoms with van der Waals surface area (Å²) in [5.41, 5.74) is 0. The van der Waals surface area contributed by atoms with Gasteiger partial charge < -0.3 is 18.9 Å². The Morgan fingerprint density at radius 3 is 1.44 bits per heavy atom. The fraction of sp³-hybridized carbons (Fsp3) is 0.750. The molecule has 0 saturated heterocycles. The minimum Gasteiger partial charge on any atom is -0.457 e. The van der Waals surface area contributed by atoms with E-state index in [1.807, 2.05) is 21.1 Å². The molecule has 0 aromatic carbocycles. The third-order valence-electron chi connectivity index (χ3n) is 10.3. The number of unbranched alkanes of at least 4 members (excludes halogenated alkanes) is 19. The summed E-state index contributed by atoms with van der Waals surface area (Å²) in [4.78, 5) is 23.0. The van der Waals surface area contributed by atoms with Crippen molar-refractivity contribution in [2.75, 3.05) is 54.1 Å². The third-order valence-corrected chi connectivity index (χ3v) is 11.2. The lowest BCUT2D eigenvalue weighted by atomic mass is 10.1. The topological polar surface area (TPSA) is 91.3 Å². The lowest BCUT2D eigenvalue weighted by molar-refractivity contribution is -0.870. The second kappa shape index (κ2) is 44.5. The molecule has 0 aliphatic heterocycles. The van der Waals surface area contributed by atoms with E-state index < -0.39 is 13.9 Å². The zero-order valence-electron chi connectivity index (χ0n) is 40.1. The monoisotopic (exact) mass is 877 g/mol. The number of esters is 1. The molecule has 0 radical (unpaired) electrons. The van der Waals surface area contributed by atoms with Crippen molar-refractivity contribution < 1.29 is 37.3 Å². The van der Waals surface area contributed by atoms with Crippen molar-refractivity contribution in [1.29, 1.82) is 0 Å². The van der Waals surface area contributed by atoms with Crippen molar-refractivity contribution in [2.24, 2.45) is 0 Å². The van der Waals surface area contributed by atoms with E-state index in [-0.39, 0.29) is 25.8 Å². The van der Waals surface area contributed by atoms with E-state index in [2.05, 4.69) is 86.8 Å². The van der Waals surface area contributed by atoms with Gasteiger partial charge in [-0.2, -0.15) is 0 Å². The first kappa shape index (κ1) is 58.9. The normalized spacial score (nSPS) is 14.3. The zero-order valence-corrected chi connectivity index (χ0v) is 41.0. The number of phosphoric ester groups is 1. The first-order chi connectivity index (χ1) is 29.6. The summed E-state index contributed by atoms with van der Waals surface area (Å²) in [5.74, 6) is -0.327. The van der Waals surface area contributed by atoms with Crippen molar-refractivity contribution in [3.8, 4) is 0 Å². The summed E-state index contributed by atoms with van der Waals surface area (Å²) in [6, 6.07) is 0. The Balaban J connectivity index is 4.18. The summed E-state index contributed by atoms with van der Waals surface area (Å²) in [7, 11) is 1.65. The number of carbonyl (C=O) groups is 1. The van der Waals surface area contributed by atoms with Gasteiger partial charge in [0.2, 0.25) is 0 Å². The van der Waals surface area contributed by atoms with Crippen LogP contribution in [0.3, 0.4) is 0 Å². The lowest BCUT2D eigenvalue weighted by Crippen LogP contribution is -2.37. The lowest BCUT2D eigenvalue weighted by Gasteiger charge is -2.24. The molecule has 2 unspecified atom stereocenters. The molecule has 8 nitrogen and oxygen atoms in total. The minimum atomic E-state index is -4.29. The van der Waals surface area contributed by atoms with Crippen LogP contribution in [0.1, 0.15) is 194 Å². The van der Waals surface area contributed by atoms with Crippen LogP contribution in [0.2, 0.25) is 0 Å². The number of nitrogens with zero attached hydrogens (tertiary/aromatic N) is 1. The summed E-state index contributed by atoms with van der Waals surface area (Å²) < 4.78 is 35.1. The van der Waals surface area contributed by atoms with Crippen LogP contribution in [0.25, 0.3) is 0 Å². The van der Waals surface area contributed by atoms with Gasteiger partial charge in [-0.05, 0) is 83.5 Å². The zero-order chi connectivity index (χ0) is 44.8. The van der Waals surface area contributed by atoms with Gasteiger partial charge in [0.05, 0.1) is 34.4 Å². The Morgan fingerprint density at radius 2 is 0.951 bits per heavy atom. The van der Waals surface area contributed by atoms with Gasteiger partial charge in [0.25, 0.3) is 0 Å². The summed E-state index contributed by atoms with van der Waals surface area (Å²) in [6.45, 7) is 5.47. The highest BCUT2D eigenvalue weighted by molar-refractivity contribution is 7.47. The summed E-state index contributed by atoms with van der Waals surface area (Å²) >= 11 is 0. The maximum Gasteiger partial charge on any atom is 0.472 e. The molecule has 0 spiro atoms.